The molecule has 0 unspecified atom stereocenters. The van der Waals surface area contributed by atoms with Gasteiger partial charge in [0.05, 0.1) is 12.7 Å². The van der Waals surface area contributed by atoms with E-state index >= 15 is 0 Å². The Morgan fingerprint density at radius 2 is 1.62 bits per heavy atom. The number of nitrogens with one attached hydrogen (secondary N) is 1. The molecule has 0 aliphatic rings. The van der Waals surface area contributed by atoms with E-state index in [0.717, 1.165) is 24.2 Å². The molecule has 2 aromatic carbocycles. The summed E-state index contributed by atoms with van der Waals surface area (Å²) in [6.07, 6.45) is 2.07. The van der Waals surface area contributed by atoms with Crippen LogP contribution in [0.25, 0.3) is 0 Å². The molecule has 0 atom stereocenters. The number of ether oxygens (including phenoxy) is 1. The molecule has 2 rings (SSSR count). The molecule has 2 N–H and O–H groups in total. The maximum absolute atomic E-state index is 11.9. The maximum atomic E-state index is 11.9. The Morgan fingerprint density at radius 3 is 2.21 bits per heavy atom. The van der Waals surface area contributed by atoms with E-state index in [1.54, 1.807) is 19.2 Å². The van der Waals surface area contributed by atoms with Gasteiger partial charge in [0, 0.05) is 13.0 Å². The van der Waals surface area contributed by atoms with Crippen molar-refractivity contribution in [2.75, 3.05) is 7.11 Å². The number of hydrogen-bond acceptors (Lipinski definition) is 3. The number of carboxylic acid groups (broad SMARTS) is 1. The first-order chi connectivity index (χ1) is 11.6. The van der Waals surface area contributed by atoms with Gasteiger partial charge < -0.3 is 15.2 Å². The van der Waals surface area contributed by atoms with E-state index in [1.807, 2.05) is 24.3 Å². The van der Waals surface area contributed by atoms with E-state index in [2.05, 4.69) is 5.32 Å². The van der Waals surface area contributed by atoms with Crippen molar-refractivity contribution in [3.8, 4) is 5.75 Å². The van der Waals surface area contributed by atoms with Crippen molar-refractivity contribution in [2.24, 2.45) is 0 Å². The maximum Gasteiger partial charge on any atom is 0.335 e. The minimum atomic E-state index is -0.955. The summed E-state index contributed by atoms with van der Waals surface area (Å²) in [5.41, 5.74) is 2.29. The van der Waals surface area contributed by atoms with Gasteiger partial charge in [-0.2, -0.15) is 0 Å². The van der Waals surface area contributed by atoms with Crippen LogP contribution in [-0.2, 0) is 17.8 Å². The van der Waals surface area contributed by atoms with Gasteiger partial charge in [0.2, 0.25) is 5.91 Å². The number of aryl methyl sites for hydroxylation is 1. The first-order valence-corrected chi connectivity index (χ1v) is 7.80. The van der Waals surface area contributed by atoms with E-state index in [9.17, 15) is 9.59 Å². The second kappa shape index (κ2) is 8.72. The molecule has 0 aromatic heterocycles. The molecule has 5 heteroatoms. The van der Waals surface area contributed by atoms with E-state index in [4.69, 9.17) is 9.84 Å². The second-order valence-corrected chi connectivity index (χ2v) is 5.48. The highest BCUT2D eigenvalue weighted by atomic mass is 16.5. The lowest BCUT2D eigenvalue weighted by atomic mass is 10.1. The standard InChI is InChI=1S/C19H21NO4/c1-24-17-11-7-14(8-12-17)3-2-4-18(21)20-13-15-5-9-16(10-6-15)19(22)23/h5-12H,2-4,13H2,1H3,(H,20,21)(H,22,23). The molecule has 1 amide bonds. The van der Waals surface area contributed by atoms with E-state index < -0.39 is 5.97 Å². The van der Waals surface area contributed by atoms with Gasteiger partial charge in [-0.15, -0.1) is 0 Å². The number of carbonyl (C=O) groups is 2. The Balaban J connectivity index is 1.70. The summed E-state index contributed by atoms with van der Waals surface area (Å²) in [7, 11) is 1.63. The van der Waals surface area contributed by atoms with Gasteiger partial charge in [-0.25, -0.2) is 4.79 Å². The highest BCUT2D eigenvalue weighted by molar-refractivity contribution is 5.87. The molecule has 0 radical (unpaired) electrons. The topological polar surface area (TPSA) is 75.6 Å². The van der Waals surface area contributed by atoms with Crippen LogP contribution < -0.4 is 10.1 Å². The predicted molar refractivity (Wildman–Crippen MR) is 91.2 cm³/mol. The molecule has 24 heavy (non-hydrogen) atoms. The average molecular weight is 327 g/mol. The lowest BCUT2D eigenvalue weighted by Crippen LogP contribution is -2.22. The van der Waals surface area contributed by atoms with Crippen LogP contribution in [0.5, 0.6) is 5.75 Å². The zero-order valence-electron chi connectivity index (χ0n) is 13.6. The SMILES string of the molecule is COc1ccc(CCCC(=O)NCc2ccc(C(=O)O)cc2)cc1. The summed E-state index contributed by atoms with van der Waals surface area (Å²) in [5, 5.41) is 11.7. The van der Waals surface area contributed by atoms with E-state index in [-0.39, 0.29) is 11.5 Å². The van der Waals surface area contributed by atoms with Crippen LogP contribution >= 0.6 is 0 Å². The molecule has 0 aliphatic heterocycles. The summed E-state index contributed by atoms with van der Waals surface area (Å²) in [6, 6.07) is 14.3. The third kappa shape index (κ3) is 5.43. The normalized spacial score (nSPS) is 10.2. The zero-order chi connectivity index (χ0) is 17.4. The van der Waals surface area contributed by atoms with E-state index in [0.29, 0.717) is 13.0 Å². The lowest BCUT2D eigenvalue weighted by molar-refractivity contribution is -0.121. The number of amides is 1. The van der Waals surface area contributed by atoms with Gasteiger partial charge >= 0.3 is 5.97 Å². The van der Waals surface area contributed by atoms with Crippen LogP contribution in [0, 0.1) is 0 Å². The number of methoxy groups -OCH3 is 1. The average Bonchev–Trinajstić information content (AvgIpc) is 2.61. The third-order valence-electron chi connectivity index (χ3n) is 3.72. The number of carbonyl (C=O) groups excluding carboxylic acids is 1. The van der Waals surface area contributed by atoms with Crippen LogP contribution in [0.1, 0.15) is 34.3 Å². The predicted octanol–water partition coefficient (Wildman–Crippen LogP) is 3.03. The monoisotopic (exact) mass is 327 g/mol. The lowest BCUT2D eigenvalue weighted by Gasteiger charge is -2.06. The highest BCUT2D eigenvalue weighted by Gasteiger charge is 2.04. The Morgan fingerprint density at radius 1 is 1.00 bits per heavy atom. The minimum Gasteiger partial charge on any atom is -0.497 e. The largest absolute Gasteiger partial charge is 0.497 e. The Kier molecular flexibility index (Phi) is 6.37. The molecule has 0 aliphatic carbocycles. The number of rotatable bonds is 8. The molecular formula is C19H21NO4. The Bertz CT molecular complexity index is 678. The molecule has 0 saturated carbocycles. The van der Waals surface area contributed by atoms with Gasteiger partial charge in [0.1, 0.15) is 5.75 Å². The molecule has 0 saturated heterocycles. The molecular weight excluding hydrogens is 306 g/mol. The van der Waals surface area contributed by atoms with Gasteiger partial charge in [-0.05, 0) is 48.2 Å². The van der Waals surface area contributed by atoms with Gasteiger partial charge in [0.15, 0.2) is 0 Å². The summed E-state index contributed by atoms with van der Waals surface area (Å²) >= 11 is 0. The molecule has 5 nitrogen and oxygen atoms in total. The summed E-state index contributed by atoms with van der Waals surface area (Å²) in [6.45, 7) is 0.404. The van der Waals surface area contributed by atoms with Gasteiger partial charge in [-0.3, -0.25) is 4.79 Å². The highest BCUT2D eigenvalue weighted by Crippen LogP contribution is 2.13. The molecule has 0 heterocycles. The number of benzene rings is 2. The number of hydrogen-bond donors (Lipinski definition) is 2. The van der Waals surface area contributed by atoms with Gasteiger partial charge in [0.25, 0.3) is 0 Å². The smallest absolute Gasteiger partial charge is 0.335 e. The van der Waals surface area contributed by atoms with Crippen LogP contribution in [0.2, 0.25) is 0 Å². The zero-order valence-corrected chi connectivity index (χ0v) is 13.6. The van der Waals surface area contributed by atoms with Crippen molar-refractivity contribution in [1.82, 2.24) is 5.32 Å². The summed E-state index contributed by atoms with van der Waals surface area (Å²) in [5.74, 6) is -0.139. The summed E-state index contributed by atoms with van der Waals surface area (Å²) < 4.78 is 5.11. The van der Waals surface area contributed by atoms with Crippen molar-refractivity contribution in [3.05, 3.63) is 65.2 Å². The fourth-order valence-corrected chi connectivity index (χ4v) is 2.30. The Hall–Kier alpha value is -2.82. The van der Waals surface area contributed by atoms with Crippen molar-refractivity contribution < 1.29 is 19.4 Å². The van der Waals surface area contributed by atoms with E-state index in [1.165, 1.54) is 17.7 Å². The number of carboxylic acids is 1. The quantitative estimate of drug-likeness (QED) is 0.781. The Labute approximate surface area is 141 Å². The fraction of sp³-hybridized carbons (Fsp3) is 0.263. The molecule has 126 valence electrons. The first-order valence-electron chi connectivity index (χ1n) is 7.80. The third-order valence-corrected chi connectivity index (χ3v) is 3.72. The molecule has 0 spiro atoms. The molecule has 2 aromatic rings. The van der Waals surface area contributed by atoms with Crippen LogP contribution in [-0.4, -0.2) is 24.1 Å². The van der Waals surface area contributed by atoms with Gasteiger partial charge in [-0.1, -0.05) is 24.3 Å². The molecule has 0 bridgehead atoms. The first kappa shape index (κ1) is 17.5. The van der Waals surface area contributed by atoms with Crippen LogP contribution in [0.15, 0.2) is 48.5 Å². The van der Waals surface area contributed by atoms with Crippen molar-refractivity contribution >= 4 is 11.9 Å². The van der Waals surface area contributed by atoms with Crippen LogP contribution in [0.4, 0.5) is 0 Å². The van der Waals surface area contributed by atoms with Crippen LogP contribution in [0.3, 0.4) is 0 Å². The minimum absolute atomic E-state index is 0.00850. The van der Waals surface area contributed by atoms with Crippen molar-refractivity contribution in [3.63, 3.8) is 0 Å². The van der Waals surface area contributed by atoms with Crippen molar-refractivity contribution in [2.45, 2.75) is 25.8 Å². The summed E-state index contributed by atoms with van der Waals surface area (Å²) in [4.78, 5) is 22.6. The fourth-order valence-electron chi connectivity index (χ4n) is 2.30. The number of aromatic carboxylic acids is 1. The molecule has 0 fully saturated rings. The second-order valence-electron chi connectivity index (χ2n) is 5.48. The van der Waals surface area contributed by atoms with Crippen molar-refractivity contribution in [1.29, 1.82) is 0 Å².